The van der Waals surface area contributed by atoms with E-state index < -0.39 is 0 Å². The van der Waals surface area contributed by atoms with Crippen molar-refractivity contribution in [1.82, 2.24) is 15.1 Å². The van der Waals surface area contributed by atoms with E-state index in [2.05, 4.69) is 35.0 Å². The molecule has 1 aromatic rings. The van der Waals surface area contributed by atoms with Crippen LogP contribution in [0.1, 0.15) is 45.1 Å². The smallest absolute Gasteiger partial charge is 0.241 e. The van der Waals surface area contributed by atoms with Crippen LogP contribution in [0.15, 0.2) is 24.3 Å². The second-order valence-electron chi connectivity index (χ2n) is 8.44. The summed E-state index contributed by atoms with van der Waals surface area (Å²) in [6, 6.07) is 8.43. The predicted molar refractivity (Wildman–Crippen MR) is 117 cm³/mol. The summed E-state index contributed by atoms with van der Waals surface area (Å²) in [4.78, 5) is 31.4. The van der Waals surface area contributed by atoms with Crippen LogP contribution in [0.25, 0.3) is 0 Å². The van der Waals surface area contributed by atoms with Crippen LogP contribution in [0, 0.1) is 0 Å². The van der Waals surface area contributed by atoms with Crippen molar-refractivity contribution in [2.24, 2.45) is 0 Å². The van der Waals surface area contributed by atoms with E-state index in [9.17, 15) is 9.59 Å². The molecule has 3 rings (SSSR count). The van der Waals surface area contributed by atoms with Gasteiger partial charge in [0.25, 0.3) is 0 Å². The van der Waals surface area contributed by atoms with Gasteiger partial charge in [0.05, 0.1) is 13.1 Å². The molecular formula is C23H36N4O2. The van der Waals surface area contributed by atoms with Crippen LogP contribution in [-0.2, 0) is 16.0 Å². The molecule has 1 unspecified atom stereocenters. The van der Waals surface area contributed by atoms with Crippen molar-refractivity contribution < 1.29 is 9.59 Å². The molecule has 160 valence electrons. The first-order valence-corrected chi connectivity index (χ1v) is 11.2. The van der Waals surface area contributed by atoms with Gasteiger partial charge in [-0.2, -0.15) is 0 Å². The van der Waals surface area contributed by atoms with Crippen molar-refractivity contribution in [2.75, 3.05) is 50.7 Å². The monoisotopic (exact) mass is 400 g/mol. The molecule has 1 fully saturated rings. The first kappa shape index (κ1) is 21.8. The summed E-state index contributed by atoms with van der Waals surface area (Å²) in [5, 5.41) is 3.12. The van der Waals surface area contributed by atoms with E-state index in [0.29, 0.717) is 13.1 Å². The summed E-state index contributed by atoms with van der Waals surface area (Å²) in [6.45, 7) is 9.33. The summed E-state index contributed by atoms with van der Waals surface area (Å²) in [5.41, 5.74) is 2.33. The number of nitrogens with one attached hydrogen (secondary N) is 1. The Labute approximate surface area is 175 Å². The number of carbonyl (C=O) groups is 2. The number of unbranched alkanes of at least 4 members (excludes halogenated alkanes) is 2. The molecule has 0 saturated carbocycles. The molecule has 2 aliphatic heterocycles. The van der Waals surface area contributed by atoms with Crippen LogP contribution >= 0.6 is 0 Å². The third-order valence-electron chi connectivity index (χ3n) is 6.03. The molecule has 0 aliphatic carbocycles. The number of hydrogen-bond acceptors (Lipinski definition) is 4. The van der Waals surface area contributed by atoms with Gasteiger partial charge >= 0.3 is 0 Å². The Morgan fingerprint density at radius 3 is 2.41 bits per heavy atom. The summed E-state index contributed by atoms with van der Waals surface area (Å²) >= 11 is 0. The molecule has 29 heavy (non-hydrogen) atoms. The van der Waals surface area contributed by atoms with Gasteiger partial charge in [-0.15, -0.1) is 0 Å². The largest absolute Gasteiger partial charge is 0.353 e. The van der Waals surface area contributed by atoms with E-state index in [1.807, 2.05) is 23.1 Å². The van der Waals surface area contributed by atoms with Gasteiger partial charge in [0.1, 0.15) is 0 Å². The lowest BCUT2D eigenvalue weighted by atomic mass is 10.1. The minimum atomic E-state index is 0.118. The SMILES string of the molecule is CCCCCC(C)NC(=O)CN1CCN(CC(=O)N2CCc3ccccc32)CC1. The maximum absolute atomic E-state index is 12.8. The Morgan fingerprint density at radius 2 is 1.69 bits per heavy atom. The zero-order valence-corrected chi connectivity index (χ0v) is 18.0. The van der Waals surface area contributed by atoms with Crippen molar-refractivity contribution in [1.29, 1.82) is 0 Å². The van der Waals surface area contributed by atoms with Gasteiger partial charge in [-0.1, -0.05) is 44.4 Å². The van der Waals surface area contributed by atoms with Gasteiger partial charge in [-0.25, -0.2) is 0 Å². The zero-order chi connectivity index (χ0) is 20.6. The van der Waals surface area contributed by atoms with E-state index in [4.69, 9.17) is 0 Å². The Kier molecular flexibility index (Phi) is 8.07. The standard InChI is InChI=1S/C23H36N4O2/c1-3-4-5-8-19(2)24-22(28)17-25-13-15-26(16-14-25)18-23(29)27-12-11-20-9-6-7-10-21(20)27/h6-7,9-10,19H,3-5,8,11-18H2,1-2H3,(H,24,28). The Hall–Kier alpha value is -1.92. The lowest BCUT2D eigenvalue weighted by Crippen LogP contribution is -2.52. The summed E-state index contributed by atoms with van der Waals surface area (Å²) in [5.74, 6) is 0.300. The molecule has 1 saturated heterocycles. The fourth-order valence-electron chi connectivity index (χ4n) is 4.28. The van der Waals surface area contributed by atoms with E-state index in [-0.39, 0.29) is 17.9 Å². The predicted octanol–water partition coefficient (Wildman–Crippen LogP) is 2.28. The quantitative estimate of drug-likeness (QED) is 0.646. The average molecular weight is 401 g/mol. The first-order valence-electron chi connectivity index (χ1n) is 11.2. The first-order chi connectivity index (χ1) is 14.1. The summed E-state index contributed by atoms with van der Waals surface area (Å²) in [7, 11) is 0. The minimum absolute atomic E-state index is 0.118. The van der Waals surface area contributed by atoms with Crippen LogP contribution in [0.3, 0.4) is 0 Å². The molecule has 6 nitrogen and oxygen atoms in total. The number of anilines is 1. The number of fused-ring (bicyclic) bond motifs is 1. The number of piperazine rings is 1. The number of rotatable bonds is 9. The second kappa shape index (κ2) is 10.7. The van der Waals surface area contributed by atoms with Crippen LogP contribution < -0.4 is 10.2 Å². The van der Waals surface area contributed by atoms with E-state index in [1.165, 1.54) is 24.8 Å². The van der Waals surface area contributed by atoms with Crippen LogP contribution in [0.5, 0.6) is 0 Å². The van der Waals surface area contributed by atoms with Gasteiger partial charge < -0.3 is 10.2 Å². The number of amides is 2. The zero-order valence-electron chi connectivity index (χ0n) is 18.0. The van der Waals surface area contributed by atoms with E-state index in [0.717, 1.165) is 51.3 Å². The van der Waals surface area contributed by atoms with Crippen molar-refractivity contribution >= 4 is 17.5 Å². The number of hydrogen-bond donors (Lipinski definition) is 1. The number of para-hydroxylation sites is 1. The van der Waals surface area contributed by atoms with Gasteiger partial charge in [-0.05, 0) is 31.4 Å². The number of carbonyl (C=O) groups excluding carboxylic acids is 2. The molecule has 0 bridgehead atoms. The molecule has 2 amide bonds. The molecule has 0 aromatic heterocycles. The molecule has 1 N–H and O–H groups in total. The third-order valence-corrected chi connectivity index (χ3v) is 6.03. The van der Waals surface area contributed by atoms with Crippen LogP contribution in [-0.4, -0.2) is 73.5 Å². The second-order valence-corrected chi connectivity index (χ2v) is 8.44. The highest BCUT2D eigenvalue weighted by Gasteiger charge is 2.27. The normalized spacial score (nSPS) is 18.5. The molecule has 2 heterocycles. The Bertz CT molecular complexity index is 685. The van der Waals surface area contributed by atoms with E-state index >= 15 is 0 Å². The van der Waals surface area contributed by atoms with Crippen molar-refractivity contribution in [2.45, 2.75) is 52.0 Å². The van der Waals surface area contributed by atoms with Gasteiger partial charge in [-0.3, -0.25) is 19.4 Å². The third kappa shape index (κ3) is 6.28. The fourth-order valence-corrected chi connectivity index (χ4v) is 4.28. The Morgan fingerprint density at radius 1 is 1.00 bits per heavy atom. The molecule has 2 aliphatic rings. The Balaban J connectivity index is 1.36. The van der Waals surface area contributed by atoms with Gasteiger partial charge in [0.15, 0.2) is 0 Å². The fraction of sp³-hybridized carbons (Fsp3) is 0.652. The molecule has 6 heteroatoms. The highest BCUT2D eigenvalue weighted by atomic mass is 16.2. The molecule has 1 atom stereocenters. The summed E-state index contributed by atoms with van der Waals surface area (Å²) in [6.07, 6.45) is 5.60. The highest BCUT2D eigenvalue weighted by Crippen LogP contribution is 2.27. The summed E-state index contributed by atoms with van der Waals surface area (Å²) < 4.78 is 0. The number of benzene rings is 1. The van der Waals surface area contributed by atoms with Crippen LogP contribution in [0.4, 0.5) is 5.69 Å². The molecular weight excluding hydrogens is 364 g/mol. The maximum Gasteiger partial charge on any atom is 0.241 e. The molecule has 0 radical (unpaired) electrons. The van der Waals surface area contributed by atoms with Gasteiger partial charge in [0, 0.05) is 44.5 Å². The lowest BCUT2D eigenvalue weighted by Gasteiger charge is -2.34. The number of nitrogens with zero attached hydrogens (tertiary/aromatic N) is 3. The van der Waals surface area contributed by atoms with Crippen molar-refractivity contribution in [3.8, 4) is 0 Å². The lowest BCUT2D eigenvalue weighted by molar-refractivity contribution is -0.124. The average Bonchev–Trinajstić information content (AvgIpc) is 3.14. The highest BCUT2D eigenvalue weighted by molar-refractivity contribution is 5.96. The van der Waals surface area contributed by atoms with E-state index in [1.54, 1.807) is 0 Å². The van der Waals surface area contributed by atoms with Crippen molar-refractivity contribution in [3.63, 3.8) is 0 Å². The molecule has 0 spiro atoms. The molecule has 1 aromatic carbocycles. The maximum atomic E-state index is 12.8. The minimum Gasteiger partial charge on any atom is -0.353 e. The van der Waals surface area contributed by atoms with Crippen LogP contribution in [0.2, 0.25) is 0 Å². The topological polar surface area (TPSA) is 55.9 Å². The van der Waals surface area contributed by atoms with Gasteiger partial charge in [0.2, 0.25) is 11.8 Å². The van der Waals surface area contributed by atoms with Crippen molar-refractivity contribution in [3.05, 3.63) is 29.8 Å².